The van der Waals surface area contributed by atoms with Gasteiger partial charge in [-0.05, 0) is 43.6 Å². The van der Waals surface area contributed by atoms with E-state index in [-0.39, 0.29) is 30.5 Å². The van der Waals surface area contributed by atoms with Gasteiger partial charge in [-0.25, -0.2) is 0 Å². The molecular weight excluding hydrogens is 316 g/mol. The Hall–Kier alpha value is -1.55. The molecule has 3 unspecified atom stereocenters. The zero-order valence-electron chi connectivity index (χ0n) is 15.6. The molecule has 5 atom stereocenters. The van der Waals surface area contributed by atoms with Gasteiger partial charge in [0.1, 0.15) is 17.7 Å². The van der Waals surface area contributed by atoms with Gasteiger partial charge in [0.05, 0.1) is 0 Å². The van der Waals surface area contributed by atoms with E-state index < -0.39 is 16.4 Å². The molecule has 0 aromatic carbocycles. The van der Waals surface area contributed by atoms with Crippen LogP contribution in [0.3, 0.4) is 0 Å². The highest BCUT2D eigenvalue weighted by molar-refractivity contribution is 5.82. The second-order valence-electron chi connectivity index (χ2n) is 8.50. The molecule has 0 saturated heterocycles. The van der Waals surface area contributed by atoms with Gasteiger partial charge in [0, 0.05) is 23.7 Å². The molecule has 2 fully saturated rings. The maximum Gasteiger partial charge on any atom is 0.152 e. The molecule has 2 aliphatic carbocycles. The van der Waals surface area contributed by atoms with Gasteiger partial charge >= 0.3 is 0 Å². The molecule has 0 heterocycles. The van der Waals surface area contributed by atoms with E-state index in [1.807, 2.05) is 20.8 Å². The summed E-state index contributed by atoms with van der Waals surface area (Å²) < 4.78 is 0. The van der Waals surface area contributed by atoms with Crippen LogP contribution in [0.25, 0.3) is 0 Å². The summed E-state index contributed by atoms with van der Waals surface area (Å²) in [4.78, 5) is 35.4. The summed E-state index contributed by atoms with van der Waals surface area (Å²) >= 11 is 0. The maximum atomic E-state index is 12.9. The maximum absolute atomic E-state index is 12.9. The zero-order chi connectivity index (χ0) is 18.9. The molecule has 2 rings (SSSR count). The molecule has 1 N–H and O–H groups in total. The summed E-state index contributed by atoms with van der Waals surface area (Å²) in [5.74, 6) is -0.00889. The number of fused-ring (bicyclic) bond motifs is 1. The van der Waals surface area contributed by atoms with Crippen LogP contribution in [0.15, 0.2) is 24.3 Å². The second kappa shape index (κ2) is 6.99. The number of Topliss-reactive ketones (excluding diaryl/α,β-unsaturated/α-hetero) is 1. The third-order valence-corrected chi connectivity index (χ3v) is 6.90. The summed E-state index contributed by atoms with van der Waals surface area (Å²) in [7, 11) is 0. The fourth-order valence-electron chi connectivity index (χ4n) is 5.01. The van der Waals surface area contributed by atoms with E-state index in [2.05, 4.69) is 6.58 Å². The number of aliphatic hydroxyl groups is 1. The minimum atomic E-state index is -1.46. The molecule has 0 amide bonds. The van der Waals surface area contributed by atoms with Crippen LogP contribution < -0.4 is 0 Å². The largest absolute Gasteiger partial charge is 0.382 e. The third kappa shape index (κ3) is 3.29. The van der Waals surface area contributed by atoms with Crippen molar-refractivity contribution >= 4 is 18.4 Å². The Morgan fingerprint density at radius 3 is 2.52 bits per heavy atom. The highest BCUT2D eigenvalue weighted by Crippen LogP contribution is 2.57. The first-order chi connectivity index (χ1) is 11.6. The van der Waals surface area contributed by atoms with Gasteiger partial charge in [0.25, 0.3) is 0 Å². The van der Waals surface area contributed by atoms with Gasteiger partial charge in [-0.15, -0.1) is 0 Å². The molecule has 0 bridgehead atoms. The van der Waals surface area contributed by atoms with Crippen LogP contribution in [0.2, 0.25) is 0 Å². The van der Waals surface area contributed by atoms with E-state index >= 15 is 0 Å². The SMILES string of the molecule is C=C1CCCC2C[C@@H](C)[C@](O)(C=O)C2(C)CC(=O)CC1(C)/C=C\C=O. The highest BCUT2D eigenvalue weighted by Gasteiger charge is 2.60. The number of aldehydes is 2. The predicted octanol–water partition coefficient (Wildman–Crippen LogP) is 3.43. The minimum Gasteiger partial charge on any atom is -0.382 e. The van der Waals surface area contributed by atoms with Crippen molar-refractivity contribution in [2.75, 3.05) is 0 Å². The van der Waals surface area contributed by atoms with Crippen molar-refractivity contribution in [1.82, 2.24) is 0 Å². The lowest BCUT2D eigenvalue weighted by atomic mass is 9.63. The monoisotopic (exact) mass is 346 g/mol. The standard InChI is InChI=1S/C21H30O4/c1-15-7-5-8-17-11-16(2)21(25,14-23)20(17,4)13-18(24)12-19(15,3)9-6-10-22/h6,9-10,14,16-17,25H,1,5,7-8,11-13H2,2-4H3/b9-6-/t16-,17?,19?,20?,21-/m1/s1. The van der Waals surface area contributed by atoms with Crippen molar-refractivity contribution in [1.29, 1.82) is 0 Å². The minimum absolute atomic E-state index is 0.00275. The fraction of sp³-hybridized carbons (Fsp3) is 0.667. The first-order valence-electron chi connectivity index (χ1n) is 9.14. The quantitative estimate of drug-likeness (QED) is 0.483. The van der Waals surface area contributed by atoms with E-state index in [9.17, 15) is 19.5 Å². The number of carbonyl (C=O) groups is 3. The summed E-state index contributed by atoms with van der Waals surface area (Å²) in [5.41, 5.74) is -1.80. The van der Waals surface area contributed by atoms with Crippen LogP contribution in [-0.2, 0) is 14.4 Å². The lowest BCUT2D eigenvalue weighted by Gasteiger charge is -2.42. The fourth-order valence-corrected chi connectivity index (χ4v) is 5.01. The lowest BCUT2D eigenvalue weighted by molar-refractivity contribution is -0.148. The van der Waals surface area contributed by atoms with E-state index in [0.29, 0.717) is 12.6 Å². The Balaban J connectivity index is 2.39. The van der Waals surface area contributed by atoms with E-state index in [4.69, 9.17) is 0 Å². The normalized spacial score (nSPS) is 43.0. The Morgan fingerprint density at radius 2 is 1.92 bits per heavy atom. The topological polar surface area (TPSA) is 71.4 Å². The van der Waals surface area contributed by atoms with E-state index in [0.717, 1.165) is 31.3 Å². The first-order valence-corrected chi connectivity index (χ1v) is 9.14. The molecule has 0 spiro atoms. The summed E-state index contributed by atoms with van der Waals surface area (Å²) in [6.07, 6.45) is 8.25. The molecule has 0 aromatic rings. The Kier molecular flexibility index (Phi) is 5.53. The number of allylic oxidation sites excluding steroid dienone is 3. The smallest absolute Gasteiger partial charge is 0.152 e. The number of rotatable bonds is 3. The average Bonchev–Trinajstić information content (AvgIpc) is 2.73. The van der Waals surface area contributed by atoms with Crippen LogP contribution >= 0.6 is 0 Å². The molecule has 138 valence electrons. The highest BCUT2D eigenvalue weighted by atomic mass is 16.3. The van der Waals surface area contributed by atoms with E-state index in [1.165, 1.54) is 6.08 Å². The molecule has 0 aliphatic heterocycles. The van der Waals surface area contributed by atoms with Gasteiger partial charge in [0.15, 0.2) is 6.29 Å². The van der Waals surface area contributed by atoms with Crippen LogP contribution in [-0.4, -0.2) is 29.1 Å². The van der Waals surface area contributed by atoms with Gasteiger partial charge < -0.3 is 9.90 Å². The molecule has 2 saturated carbocycles. The molecule has 0 radical (unpaired) electrons. The molecular formula is C21H30O4. The summed E-state index contributed by atoms with van der Waals surface area (Å²) in [6, 6.07) is 0. The van der Waals surface area contributed by atoms with Crippen molar-refractivity contribution < 1.29 is 19.5 Å². The predicted molar refractivity (Wildman–Crippen MR) is 96.9 cm³/mol. The molecule has 0 aromatic heterocycles. The first kappa shape index (κ1) is 19.8. The lowest BCUT2D eigenvalue weighted by Crippen LogP contribution is -2.51. The van der Waals surface area contributed by atoms with Gasteiger partial charge in [-0.3, -0.25) is 9.59 Å². The zero-order valence-corrected chi connectivity index (χ0v) is 15.6. The van der Waals surface area contributed by atoms with E-state index in [1.54, 1.807) is 6.08 Å². The number of ketones is 1. The summed E-state index contributed by atoms with van der Waals surface area (Å²) in [6.45, 7) is 9.88. The average molecular weight is 346 g/mol. The third-order valence-electron chi connectivity index (χ3n) is 6.90. The second-order valence-corrected chi connectivity index (χ2v) is 8.50. The van der Waals surface area contributed by atoms with Gasteiger partial charge in [-0.2, -0.15) is 0 Å². The van der Waals surface area contributed by atoms with Crippen molar-refractivity contribution in [2.24, 2.45) is 22.7 Å². The molecule has 4 nitrogen and oxygen atoms in total. The summed E-state index contributed by atoms with van der Waals surface area (Å²) in [5, 5.41) is 11.0. The van der Waals surface area contributed by atoms with Crippen molar-refractivity contribution in [3.05, 3.63) is 24.3 Å². The van der Waals surface area contributed by atoms with Crippen molar-refractivity contribution in [3.63, 3.8) is 0 Å². The van der Waals surface area contributed by atoms with Crippen LogP contribution in [0.5, 0.6) is 0 Å². The Bertz CT molecular complexity index is 607. The number of hydrogen-bond donors (Lipinski definition) is 1. The Morgan fingerprint density at radius 1 is 1.24 bits per heavy atom. The van der Waals surface area contributed by atoms with Crippen molar-refractivity contribution in [2.45, 2.75) is 64.9 Å². The van der Waals surface area contributed by atoms with Crippen LogP contribution in [0, 0.1) is 22.7 Å². The molecule has 25 heavy (non-hydrogen) atoms. The van der Waals surface area contributed by atoms with Crippen LogP contribution in [0.4, 0.5) is 0 Å². The number of carbonyl (C=O) groups excluding carboxylic acids is 3. The Labute approximate surface area is 150 Å². The van der Waals surface area contributed by atoms with Crippen LogP contribution in [0.1, 0.15) is 59.3 Å². The molecule has 2 aliphatic rings. The van der Waals surface area contributed by atoms with Crippen molar-refractivity contribution in [3.8, 4) is 0 Å². The number of hydrogen-bond acceptors (Lipinski definition) is 4. The molecule has 4 heteroatoms. The van der Waals surface area contributed by atoms with Gasteiger partial charge in [-0.1, -0.05) is 39.0 Å². The van der Waals surface area contributed by atoms with Gasteiger partial charge in [0.2, 0.25) is 0 Å².